The maximum Gasteiger partial charge on any atom is 0.123 e. The summed E-state index contributed by atoms with van der Waals surface area (Å²) >= 11 is 6.17. The molecule has 0 unspecified atom stereocenters. The number of rotatable bonds is 6. The van der Waals surface area contributed by atoms with Crippen LogP contribution in [0.2, 0.25) is 5.02 Å². The van der Waals surface area contributed by atoms with Gasteiger partial charge in [0, 0.05) is 19.6 Å². The lowest BCUT2D eigenvalue weighted by molar-refractivity contribution is 0.209. The van der Waals surface area contributed by atoms with Gasteiger partial charge in [-0.3, -0.25) is 4.90 Å². The van der Waals surface area contributed by atoms with Crippen LogP contribution in [0.15, 0.2) is 12.1 Å². The quantitative estimate of drug-likeness (QED) is 0.860. The molecule has 2 N–H and O–H groups in total. The fourth-order valence-corrected chi connectivity index (χ4v) is 2.23. The number of pyridine rings is 1. The molecule has 0 aliphatic rings. The standard InChI is InChI=1S/C14H24ClN3/c1-10(2)7-18(8-11(3)4)9-13-12(15)5-6-14(16)17-13/h5-6,10-11H,7-9H2,1-4H3,(H2,16,17). The van der Waals surface area contributed by atoms with Gasteiger partial charge < -0.3 is 5.73 Å². The monoisotopic (exact) mass is 269 g/mol. The largest absolute Gasteiger partial charge is 0.384 e. The third-order valence-corrected chi connectivity index (χ3v) is 2.90. The molecule has 18 heavy (non-hydrogen) atoms. The Morgan fingerprint density at radius 2 is 1.72 bits per heavy atom. The first kappa shape index (κ1) is 15.3. The third kappa shape index (κ3) is 5.23. The summed E-state index contributed by atoms with van der Waals surface area (Å²) < 4.78 is 0. The van der Waals surface area contributed by atoms with Crippen LogP contribution in [-0.4, -0.2) is 23.0 Å². The first-order valence-corrected chi connectivity index (χ1v) is 6.89. The molecule has 1 aromatic rings. The van der Waals surface area contributed by atoms with Gasteiger partial charge in [0.1, 0.15) is 5.82 Å². The van der Waals surface area contributed by atoms with Gasteiger partial charge in [0.2, 0.25) is 0 Å². The van der Waals surface area contributed by atoms with Crippen molar-refractivity contribution >= 4 is 17.4 Å². The lowest BCUT2D eigenvalue weighted by Crippen LogP contribution is -2.31. The van der Waals surface area contributed by atoms with Gasteiger partial charge in [0.25, 0.3) is 0 Å². The molecule has 0 aromatic carbocycles. The topological polar surface area (TPSA) is 42.2 Å². The maximum absolute atomic E-state index is 6.17. The number of hydrogen-bond donors (Lipinski definition) is 1. The molecule has 0 spiro atoms. The minimum atomic E-state index is 0.531. The predicted octanol–water partition coefficient (Wildman–Crippen LogP) is 3.43. The number of hydrogen-bond acceptors (Lipinski definition) is 3. The average Bonchev–Trinajstić information content (AvgIpc) is 2.21. The van der Waals surface area contributed by atoms with E-state index in [4.69, 9.17) is 17.3 Å². The Labute approximate surface area is 115 Å². The van der Waals surface area contributed by atoms with E-state index in [2.05, 4.69) is 37.6 Å². The van der Waals surface area contributed by atoms with Gasteiger partial charge in [-0.05, 0) is 24.0 Å². The van der Waals surface area contributed by atoms with Crippen molar-refractivity contribution in [1.82, 2.24) is 9.88 Å². The molecule has 0 aliphatic carbocycles. The van der Waals surface area contributed by atoms with Crippen LogP contribution in [0.4, 0.5) is 5.82 Å². The molecule has 0 saturated carbocycles. The van der Waals surface area contributed by atoms with E-state index < -0.39 is 0 Å². The van der Waals surface area contributed by atoms with E-state index in [0.29, 0.717) is 22.7 Å². The molecule has 0 aliphatic heterocycles. The van der Waals surface area contributed by atoms with Crippen LogP contribution in [0, 0.1) is 11.8 Å². The summed E-state index contributed by atoms with van der Waals surface area (Å²) in [6, 6.07) is 3.56. The normalized spacial score (nSPS) is 11.8. The summed E-state index contributed by atoms with van der Waals surface area (Å²) in [7, 11) is 0. The zero-order valence-corrected chi connectivity index (χ0v) is 12.5. The molecule has 1 aromatic heterocycles. The zero-order valence-electron chi connectivity index (χ0n) is 11.8. The fraction of sp³-hybridized carbons (Fsp3) is 0.643. The van der Waals surface area contributed by atoms with Crippen molar-refractivity contribution in [3.8, 4) is 0 Å². The molecular formula is C14H24ClN3. The summed E-state index contributed by atoms with van der Waals surface area (Å²) in [5.74, 6) is 1.79. The molecule has 1 rings (SSSR count). The predicted molar refractivity (Wildman–Crippen MR) is 78.6 cm³/mol. The van der Waals surface area contributed by atoms with Gasteiger partial charge in [-0.25, -0.2) is 4.98 Å². The molecule has 0 atom stereocenters. The second kappa shape index (κ2) is 6.95. The van der Waals surface area contributed by atoms with Crippen LogP contribution in [0.1, 0.15) is 33.4 Å². The van der Waals surface area contributed by atoms with E-state index in [1.54, 1.807) is 6.07 Å². The first-order chi connectivity index (χ1) is 8.38. The SMILES string of the molecule is CC(C)CN(Cc1nc(N)ccc1Cl)CC(C)C. The Morgan fingerprint density at radius 1 is 1.17 bits per heavy atom. The lowest BCUT2D eigenvalue weighted by atomic mass is 10.1. The van der Waals surface area contributed by atoms with E-state index in [0.717, 1.165) is 25.3 Å². The molecule has 0 amide bonds. The molecule has 0 saturated heterocycles. The zero-order chi connectivity index (χ0) is 13.7. The van der Waals surface area contributed by atoms with Gasteiger partial charge in [-0.1, -0.05) is 39.3 Å². The van der Waals surface area contributed by atoms with Crippen molar-refractivity contribution in [3.63, 3.8) is 0 Å². The number of nitrogens with two attached hydrogens (primary N) is 1. The molecule has 0 fully saturated rings. The van der Waals surface area contributed by atoms with E-state index in [1.807, 2.05) is 6.07 Å². The molecule has 0 bridgehead atoms. The van der Waals surface area contributed by atoms with E-state index in [-0.39, 0.29) is 0 Å². The second-order valence-electron chi connectivity index (χ2n) is 5.65. The van der Waals surface area contributed by atoms with Crippen molar-refractivity contribution in [3.05, 3.63) is 22.8 Å². The highest BCUT2D eigenvalue weighted by Crippen LogP contribution is 2.18. The molecule has 3 nitrogen and oxygen atoms in total. The summed E-state index contributed by atoms with van der Waals surface area (Å²) in [5, 5.41) is 0.696. The van der Waals surface area contributed by atoms with Gasteiger partial charge in [0.15, 0.2) is 0 Å². The smallest absolute Gasteiger partial charge is 0.123 e. The minimum absolute atomic E-state index is 0.531. The van der Waals surface area contributed by atoms with Crippen LogP contribution in [0.25, 0.3) is 0 Å². The Morgan fingerprint density at radius 3 is 2.22 bits per heavy atom. The number of nitrogens with zero attached hydrogens (tertiary/aromatic N) is 2. The van der Waals surface area contributed by atoms with Crippen LogP contribution in [0.3, 0.4) is 0 Å². The van der Waals surface area contributed by atoms with Crippen LogP contribution < -0.4 is 5.73 Å². The number of halogens is 1. The molecule has 0 radical (unpaired) electrons. The first-order valence-electron chi connectivity index (χ1n) is 6.51. The molecule has 102 valence electrons. The lowest BCUT2D eigenvalue weighted by Gasteiger charge is -2.26. The average molecular weight is 270 g/mol. The molecular weight excluding hydrogens is 246 g/mol. The maximum atomic E-state index is 6.17. The van der Waals surface area contributed by atoms with E-state index in [9.17, 15) is 0 Å². The Balaban J connectivity index is 2.77. The Hall–Kier alpha value is -0.800. The second-order valence-corrected chi connectivity index (χ2v) is 6.05. The fourth-order valence-electron chi connectivity index (χ4n) is 2.06. The van der Waals surface area contributed by atoms with Gasteiger partial charge in [-0.15, -0.1) is 0 Å². The van der Waals surface area contributed by atoms with Gasteiger partial charge in [0.05, 0.1) is 10.7 Å². The van der Waals surface area contributed by atoms with Crippen LogP contribution in [0.5, 0.6) is 0 Å². The van der Waals surface area contributed by atoms with Crippen molar-refractivity contribution in [1.29, 1.82) is 0 Å². The van der Waals surface area contributed by atoms with Crippen molar-refractivity contribution in [2.24, 2.45) is 11.8 Å². The molecule has 4 heteroatoms. The number of nitrogen functional groups attached to an aromatic ring is 1. The molecule has 1 heterocycles. The summed E-state index contributed by atoms with van der Waals surface area (Å²) in [6.07, 6.45) is 0. The van der Waals surface area contributed by atoms with Gasteiger partial charge in [-0.2, -0.15) is 0 Å². The van der Waals surface area contributed by atoms with Crippen LogP contribution >= 0.6 is 11.6 Å². The van der Waals surface area contributed by atoms with Crippen molar-refractivity contribution in [2.45, 2.75) is 34.2 Å². The van der Waals surface area contributed by atoms with Crippen molar-refractivity contribution < 1.29 is 0 Å². The van der Waals surface area contributed by atoms with Crippen molar-refractivity contribution in [2.75, 3.05) is 18.8 Å². The minimum Gasteiger partial charge on any atom is -0.384 e. The third-order valence-electron chi connectivity index (χ3n) is 2.56. The highest BCUT2D eigenvalue weighted by molar-refractivity contribution is 6.31. The van der Waals surface area contributed by atoms with Crippen LogP contribution in [-0.2, 0) is 6.54 Å². The van der Waals surface area contributed by atoms with Gasteiger partial charge >= 0.3 is 0 Å². The summed E-state index contributed by atoms with van der Waals surface area (Å²) in [6.45, 7) is 11.8. The Kier molecular flexibility index (Phi) is 5.89. The highest BCUT2D eigenvalue weighted by atomic mass is 35.5. The number of anilines is 1. The highest BCUT2D eigenvalue weighted by Gasteiger charge is 2.13. The Bertz CT molecular complexity index is 367. The van der Waals surface area contributed by atoms with E-state index >= 15 is 0 Å². The summed E-state index contributed by atoms with van der Waals surface area (Å²) in [4.78, 5) is 6.72. The van der Waals surface area contributed by atoms with E-state index in [1.165, 1.54) is 0 Å². The summed E-state index contributed by atoms with van der Waals surface area (Å²) in [5.41, 5.74) is 6.59. The number of aromatic nitrogens is 1.